The molecule has 0 saturated carbocycles. The van der Waals surface area contributed by atoms with Gasteiger partial charge in [-0.25, -0.2) is 0 Å². The van der Waals surface area contributed by atoms with E-state index in [0.29, 0.717) is 22.6 Å². The van der Waals surface area contributed by atoms with Gasteiger partial charge >= 0.3 is 0 Å². The van der Waals surface area contributed by atoms with Crippen molar-refractivity contribution in [3.63, 3.8) is 0 Å². The maximum Gasteiger partial charge on any atom is 0.145 e. The first-order valence-corrected chi connectivity index (χ1v) is 6.31. The van der Waals surface area contributed by atoms with Crippen LogP contribution in [0, 0.1) is 29.6 Å². The molecule has 0 N–H and O–H groups in total. The van der Waals surface area contributed by atoms with Gasteiger partial charge < -0.3 is 4.74 Å². The summed E-state index contributed by atoms with van der Waals surface area (Å²) in [5, 5.41) is 18.0. The number of benzene rings is 2. The number of rotatable bonds is 2. The van der Waals surface area contributed by atoms with E-state index in [1.54, 1.807) is 30.3 Å². The number of hydrogen-bond donors (Lipinski definition) is 0. The third kappa shape index (κ3) is 2.93. The summed E-state index contributed by atoms with van der Waals surface area (Å²) in [7, 11) is 0. The number of nitriles is 2. The molecule has 2 aromatic carbocycles. The summed E-state index contributed by atoms with van der Waals surface area (Å²) >= 11 is 3.31. The zero-order chi connectivity index (χ0) is 13.8. The summed E-state index contributed by atoms with van der Waals surface area (Å²) in [6.07, 6.45) is 0. The Labute approximate surface area is 119 Å². The Morgan fingerprint density at radius 1 is 1.00 bits per heavy atom. The quantitative estimate of drug-likeness (QED) is 0.831. The van der Waals surface area contributed by atoms with Gasteiger partial charge in [-0.05, 0) is 42.8 Å². The van der Waals surface area contributed by atoms with Gasteiger partial charge in [0, 0.05) is 4.47 Å². The van der Waals surface area contributed by atoms with Crippen LogP contribution in [-0.4, -0.2) is 0 Å². The number of ether oxygens (including phenoxy) is 1. The van der Waals surface area contributed by atoms with Gasteiger partial charge in [0.2, 0.25) is 0 Å². The molecule has 0 aromatic heterocycles. The minimum Gasteiger partial charge on any atom is -0.456 e. The van der Waals surface area contributed by atoms with Crippen LogP contribution in [-0.2, 0) is 0 Å². The van der Waals surface area contributed by atoms with Gasteiger partial charge in [0.15, 0.2) is 0 Å². The molecule has 0 bridgehead atoms. The van der Waals surface area contributed by atoms with Crippen LogP contribution in [0.1, 0.15) is 16.7 Å². The number of nitrogens with zero attached hydrogens (tertiary/aromatic N) is 2. The van der Waals surface area contributed by atoms with Crippen molar-refractivity contribution in [3.8, 4) is 23.6 Å². The fraction of sp³-hybridized carbons (Fsp3) is 0.0667. The molecule has 0 aliphatic rings. The van der Waals surface area contributed by atoms with Crippen LogP contribution in [0.4, 0.5) is 0 Å². The molecule has 0 unspecified atom stereocenters. The van der Waals surface area contributed by atoms with E-state index in [0.717, 1.165) is 10.0 Å². The first-order valence-electron chi connectivity index (χ1n) is 5.52. The molecule has 2 aromatic rings. The SMILES string of the molecule is Cc1ccc(C#N)cc1Oc1ccc(Br)cc1C#N. The number of hydrogen-bond acceptors (Lipinski definition) is 3. The molecule has 0 atom stereocenters. The molecule has 0 aliphatic heterocycles. The molecule has 2 rings (SSSR count). The van der Waals surface area contributed by atoms with E-state index in [1.807, 2.05) is 13.0 Å². The summed E-state index contributed by atoms with van der Waals surface area (Å²) in [5.74, 6) is 1.06. The smallest absolute Gasteiger partial charge is 0.145 e. The van der Waals surface area contributed by atoms with Crippen molar-refractivity contribution >= 4 is 15.9 Å². The Morgan fingerprint density at radius 3 is 2.47 bits per heavy atom. The fourth-order valence-corrected chi connectivity index (χ4v) is 1.94. The van der Waals surface area contributed by atoms with E-state index >= 15 is 0 Å². The Balaban J connectivity index is 2.42. The lowest BCUT2D eigenvalue weighted by molar-refractivity contribution is 0.477. The van der Waals surface area contributed by atoms with Crippen molar-refractivity contribution in [1.82, 2.24) is 0 Å². The highest BCUT2D eigenvalue weighted by Crippen LogP contribution is 2.30. The first-order chi connectivity index (χ1) is 9.13. The Hall–Kier alpha value is -2.30. The summed E-state index contributed by atoms with van der Waals surface area (Å²) in [4.78, 5) is 0. The van der Waals surface area contributed by atoms with Crippen LogP contribution in [0.5, 0.6) is 11.5 Å². The van der Waals surface area contributed by atoms with Crippen LogP contribution in [0.15, 0.2) is 40.9 Å². The van der Waals surface area contributed by atoms with Gasteiger partial charge in [-0.2, -0.15) is 10.5 Å². The van der Waals surface area contributed by atoms with Gasteiger partial charge in [0.1, 0.15) is 17.6 Å². The molecular weight excluding hydrogens is 304 g/mol. The molecule has 0 aliphatic carbocycles. The zero-order valence-corrected chi connectivity index (χ0v) is 11.7. The van der Waals surface area contributed by atoms with Crippen molar-refractivity contribution in [3.05, 3.63) is 57.6 Å². The fourth-order valence-electron chi connectivity index (χ4n) is 1.58. The third-order valence-electron chi connectivity index (χ3n) is 2.60. The standard InChI is InChI=1S/C15H9BrN2O/c1-10-2-3-11(8-17)6-15(10)19-14-5-4-13(16)7-12(14)9-18/h2-7H,1H3. The van der Waals surface area contributed by atoms with Gasteiger partial charge in [0.05, 0.1) is 17.2 Å². The molecule has 0 radical (unpaired) electrons. The lowest BCUT2D eigenvalue weighted by Gasteiger charge is -2.10. The van der Waals surface area contributed by atoms with Gasteiger partial charge in [-0.15, -0.1) is 0 Å². The molecule has 0 fully saturated rings. The summed E-state index contributed by atoms with van der Waals surface area (Å²) < 4.78 is 6.55. The molecule has 3 nitrogen and oxygen atoms in total. The number of halogens is 1. The average molecular weight is 313 g/mol. The second-order valence-corrected chi connectivity index (χ2v) is 4.86. The van der Waals surface area contributed by atoms with Crippen LogP contribution in [0.3, 0.4) is 0 Å². The molecule has 92 valence electrons. The summed E-state index contributed by atoms with van der Waals surface area (Å²) in [6.45, 7) is 1.89. The predicted molar refractivity (Wildman–Crippen MR) is 74.8 cm³/mol. The lowest BCUT2D eigenvalue weighted by atomic mass is 10.1. The normalized spacial score (nSPS) is 9.47. The van der Waals surface area contributed by atoms with Crippen LogP contribution < -0.4 is 4.74 Å². The molecule has 0 heterocycles. The minimum atomic E-state index is 0.441. The maximum atomic E-state index is 9.09. The Kier molecular flexibility index (Phi) is 3.85. The van der Waals surface area contributed by atoms with Crippen LogP contribution >= 0.6 is 15.9 Å². The molecule has 0 saturated heterocycles. The molecule has 4 heteroatoms. The van der Waals surface area contributed by atoms with E-state index < -0.39 is 0 Å². The predicted octanol–water partition coefficient (Wildman–Crippen LogP) is 4.29. The van der Waals surface area contributed by atoms with Crippen molar-refractivity contribution in [2.24, 2.45) is 0 Å². The van der Waals surface area contributed by atoms with Gasteiger partial charge in [-0.3, -0.25) is 0 Å². The topological polar surface area (TPSA) is 56.8 Å². The number of aryl methyl sites for hydroxylation is 1. The average Bonchev–Trinajstić information content (AvgIpc) is 2.43. The molecule has 0 spiro atoms. The van der Waals surface area contributed by atoms with E-state index in [9.17, 15) is 0 Å². The Morgan fingerprint density at radius 2 is 1.79 bits per heavy atom. The molecular formula is C15H9BrN2O. The first kappa shape index (κ1) is 13.1. The van der Waals surface area contributed by atoms with E-state index in [-0.39, 0.29) is 0 Å². The van der Waals surface area contributed by atoms with E-state index in [1.165, 1.54) is 0 Å². The lowest BCUT2D eigenvalue weighted by Crippen LogP contribution is -1.91. The zero-order valence-electron chi connectivity index (χ0n) is 10.1. The summed E-state index contributed by atoms with van der Waals surface area (Å²) in [6, 6.07) is 14.6. The minimum absolute atomic E-state index is 0.441. The molecule has 19 heavy (non-hydrogen) atoms. The molecule has 0 amide bonds. The van der Waals surface area contributed by atoms with Crippen molar-refractivity contribution in [2.45, 2.75) is 6.92 Å². The highest BCUT2D eigenvalue weighted by atomic mass is 79.9. The van der Waals surface area contributed by atoms with Gasteiger partial charge in [-0.1, -0.05) is 22.0 Å². The highest BCUT2D eigenvalue weighted by Gasteiger charge is 2.08. The maximum absolute atomic E-state index is 9.09. The van der Waals surface area contributed by atoms with Crippen molar-refractivity contribution in [2.75, 3.05) is 0 Å². The van der Waals surface area contributed by atoms with E-state index in [2.05, 4.69) is 28.1 Å². The van der Waals surface area contributed by atoms with Crippen molar-refractivity contribution < 1.29 is 4.74 Å². The second-order valence-electron chi connectivity index (χ2n) is 3.95. The van der Waals surface area contributed by atoms with Gasteiger partial charge in [0.25, 0.3) is 0 Å². The van der Waals surface area contributed by atoms with Crippen LogP contribution in [0.25, 0.3) is 0 Å². The Bertz CT molecular complexity index is 711. The largest absolute Gasteiger partial charge is 0.456 e. The highest BCUT2D eigenvalue weighted by molar-refractivity contribution is 9.10. The summed E-state index contributed by atoms with van der Waals surface area (Å²) in [5.41, 5.74) is 1.87. The third-order valence-corrected chi connectivity index (χ3v) is 3.09. The van der Waals surface area contributed by atoms with Crippen molar-refractivity contribution in [1.29, 1.82) is 10.5 Å². The second kappa shape index (κ2) is 5.56. The van der Waals surface area contributed by atoms with E-state index in [4.69, 9.17) is 15.3 Å². The van der Waals surface area contributed by atoms with Crippen LogP contribution in [0.2, 0.25) is 0 Å². The monoisotopic (exact) mass is 312 g/mol.